The van der Waals surface area contributed by atoms with Crippen LogP contribution < -0.4 is 4.90 Å². The molecule has 0 aliphatic carbocycles. The molecule has 0 unspecified atom stereocenters. The molecule has 25 heavy (non-hydrogen) atoms. The number of carbonyl (C=O) groups is 1. The van der Waals surface area contributed by atoms with Crippen molar-refractivity contribution in [1.29, 1.82) is 0 Å². The smallest absolute Gasteiger partial charge is 0.305 e. The molecule has 4 heteroatoms. The first-order valence-electron chi connectivity index (χ1n) is 8.91. The van der Waals surface area contributed by atoms with Crippen LogP contribution in [-0.4, -0.2) is 44.2 Å². The normalized spacial score (nSPS) is 15.2. The third-order valence-electron chi connectivity index (χ3n) is 4.77. The summed E-state index contributed by atoms with van der Waals surface area (Å²) in [7, 11) is 1.43. The van der Waals surface area contributed by atoms with Crippen LogP contribution in [0.4, 0.5) is 5.69 Å². The summed E-state index contributed by atoms with van der Waals surface area (Å²) in [5.74, 6) is -0.154. The van der Waals surface area contributed by atoms with Gasteiger partial charge in [0.05, 0.1) is 7.11 Å². The summed E-state index contributed by atoms with van der Waals surface area (Å²) in [5, 5.41) is 0. The summed E-state index contributed by atoms with van der Waals surface area (Å²) in [5.41, 5.74) is 3.82. The van der Waals surface area contributed by atoms with E-state index in [0.29, 0.717) is 6.42 Å². The van der Waals surface area contributed by atoms with Gasteiger partial charge in [-0.05, 0) is 29.7 Å². The van der Waals surface area contributed by atoms with Crippen LogP contribution >= 0.6 is 0 Å². The Balaban J connectivity index is 1.48. The van der Waals surface area contributed by atoms with Gasteiger partial charge in [0.1, 0.15) is 0 Å². The summed E-state index contributed by atoms with van der Waals surface area (Å²) < 4.78 is 4.69. The van der Waals surface area contributed by atoms with E-state index in [9.17, 15) is 4.79 Å². The second-order valence-electron chi connectivity index (χ2n) is 6.49. The van der Waals surface area contributed by atoms with Crippen LogP contribution in [0.5, 0.6) is 0 Å². The number of hydrogen-bond donors (Lipinski definition) is 0. The molecule has 2 aromatic carbocycles. The number of hydrogen-bond acceptors (Lipinski definition) is 4. The molecule has 0 spiro atoms. The molecule has 2 aromatic rings. The van der Waals surface area contributed by atoms with Crippen molar-refractivity contribution < 1.29 is 9.53 Å². The SMILES string of the molecule is COC(=O)CCc1ccc(N2CCN(Cc3ccccc3)CC2)cc1. The fourth-order valence-corrected chi connectivity index (χ4v) is 3.23. The van der Waals surface area contributed by atoms with Gasteiger partial charge in [0.2, 0.25) is 0 Å². The van der Waals surface area contributed by atoms with Gasteiger partial charge in [-0.3, -0.25) is 9.69 Å². The molecule has 0 aromatic heterocycles. The van der Waals surface area contributed by atoms with E-state index < -0.39 is 0 Å². The highest BCUT2D eigenvalue weighted by Gasteiger charge is 2.17. The number of nitrogens with zero attached hydrogens (tertiary/aromatic N) is 2. The Morgan fingerprint density at radius 2 is 1.60 bits per heavy atom. The van der Waals surface area contributed by atoms with Crippen LogP contribution in [-0.2, 0) is 22.5 Å². The van der Waals surface area contributed by atoms with Gasteiger partial charge in [0, 0.05) is 44.8 Å². The predicted molar refractivity (Wildman–Crippen MR) is 101 cm³/mol. The lowest BCUT2D eigenvalue weighted by molar-refractivity contribution is -0.140. The molecular formula is C21H26N2O2. The molecule has 132 valence electrons. The predicted octanol–water partition coefficient (Wildman–Crippen LogP) is 3.11. The van der Waals surface area contributed by atoms with Crippen LogP contribution in [0.25, 0.3) is 0 Å². The standard InChI is InChI=1S/C21H26N2O2/c1-25-21(24)12-9-18-7-10-20(11-8-18)23-15-13-22(14-16-23)17-19-5-3-2-4-6-19/h2-8,10-11H,9,12-17H2,1H3. The quantitative estimate of drug-likeness (QED) is 0.758. The molecular weight excluding hydrogens is 312 g/mol. The van der Waals surface area contributed by atoms with Gasteiger partial charge < -0.3 is 9.64 Å². The van der Waals surface area contributed by atoms with E-state index in [1.807, 2.05) is 0 Å². The average molecular weight is 338 g/mol. The molecule has 1 fully saturated rings. The third-order valence-corrected chi connectivity index (χ3v) is 4.77. The molecule has 1 heterocycles. The Bertz CT molecular complexity index is 662. The van der Waals surface area contributed by atoms with Crippen LogP contribution in [0, 0.1) is 0 Å². The lowest BCUT2D eigenvalue weighted by Gasteiger charge is -2.36. The fourth-order valence-electron chi connectivity index (χ4n) is 3.23. The maximum Gasteiger partial charge on any atom is 0.305 e. The molecule has 3 rings (SSSR count). The first kappa shape index (κ1) is 17.5. The van der Waals surface area contributed by atoms with E-state index >= 15 is 0 Å². The summed E-state index contributed by atoms with van der Waals surface area (Å²) in [6.45, 7) is 5.29. The minimum atomic E-state index is -0.154. The van der Waals surface area contributed by atoms with Crippen LogP contribution in [0.3, 0.4) is 0 Å². The van der Waals surface area contributed by atoms with Crippen molar-refractivity contribution in [2.24, 2.45) is 0 Å². The van der Waals surface area contributed by atoms with E-state index in [1.54, 1.807) is 0 Å². The molecule has 0 saturated carbocycles. The van der Waals surface area contributed by atoms with Gasteiger partial charge in [-0.1, -0.05) is 42.5 Å². The number of benzene rings is 2. The van der Waals surface area contributed by atoms with E-state index in [0.717, 1.165) is 39.1 Å². The number of aryl methyl sites for hydroxylation is 1. The largest absolute Gasteiger partial charge is 0.469 e. The van der Waals surface area contributed by atoms with Crippen LogP contribution in [0.15, 0.2) is 54.6 Å². The Morgan fingerprint density at radius 1 is 0.920 bits per heavy atom. The summed E-state index contributed by atoms with van der Waals surface area (Å²) in [6, 6.07) is 19.2. The first-order valence-corrected chi connectivity index (χ1v) is 8.91. The summed E-state index contributed by atoms with van der Waals surface area (Å²) in [6.07, 6.45) is 1.17. The highest BCUT2D eigenvalue weighted by Crippen LogP contribution is 2.19. The second-order valence-corrected chi connectivity index (χ2v) is 6.49. The molecule has 0 radical (unpaired) electrons. The molecule has 1 aliphatic rings. The van der Waals surface area contributed by atoms with Crippen molar-refractivity contribution >= 4 is 11.7 Å². The Labute approximate surface area is 150 Å². The molecule has 1 aliphatic heterocycles. The molecule has 4 nitrogen and oxygen atoms in total. The van der Waals surface area contributed by atoms with Crippen molar-refractivity contribution in [3.63, 3.8) is 0 Å². The molecule has 0 N–H and O–H groups in total. The van der Waals surface area contributed by atoms with E-state index in [-0.39, 0.29) is 5.97 Å². The maximum atomic E-state index is 11.2. The van der Waals surface area contributed by atoms with Crippen molar-refractivity contribution in [3.8, 4) is 0 Å². The molecule has 0 amide bonds. The zero-order chi connectivity index (χ0) is 17.5. The lowest BCUT2D eigenvalue weighted by atomic mass is 10.1. The van der Waals surface area contributed by atoms with Crippen LogP contribution in [0.1, 0.15) is 17.5 Å². The average Bonchev–Trinajstić information content (AvgIpc) is 2.68. The highest BCUT2D eigenvalue weighted by molar-refractivity contribution is 5.69. The molecule has 0 atom stereocenters. The minimum absolute atomic E-state index is 0.154. The Hall–Kier alpha value is -2.33. The van der Waals surface area contributed by atoms with Crippen molar-refractivity contribution in [3.05, 3.63) is 65.7 Å². The number of carbonyl (C=O) groups excluding carboxylic acids is 1. The van der Waals surface area contributed by atoms with Gasteiger partial charge in [-0.15, -0.1) is 0 Å². The van der Waals surface area contributed by atoms with Gasteiger partial charge in [-0.2, -0.15) is 0 Å². The van der Waals surface area contributed by atoms with E-state index in [1.165, 1.54) is 23.9 Å². The maximum absolute atomic E-state index is 11.2. The number of rotatable bonds is 6. The summed E-state index contributed by atoms with van der Waals surface area (Å²) in [4.78, 5) is 16.2. The second kappa shape index (κ2) is 8.67. The monoisotopic (exact) mass is 338 g/mol. The van der Waals surface area contributed by atoms with Gasteiger partial charge >= 0.3 is 5.97 Å². The number of ether oxygens (including phenoxy) is 1. The fraction of sp³-hybridized carbons (Fsp3) is 0.381. The van der Waals surface area contributed by atoms with E-state index in [2.05, 4.69) is 64.4 Å². The number of esters is 1. The zero-order valence-electron chi connectivity index (χ0n) is 14.9. The van der Waals surface area contributed by atoms with Gasteiger partial charge in [-0.25, -0.2) is 0 Å². The number of piperazine rings is 1. The Kier molecular flexibility index (Phi) is 6.07. The van der Waals surface area contributed by atoms with Crippen molar-refractivity contribution in [1.82, 2.24) is 4.90 Å². The summed E-state index contributed by atoms with van der Waals surface area (Å²) >= 11 is 0. The first-order chi connectivity index (χ1) is 12.2. The van der Waals surface area contributed by atoms with Crippen molar-refractivity contribution in [2.75, 3.05) is 38.2 Å². The number of methoxy groups -OCH3 is 1. The van der Waals surface area contributed by atoms with Gasteiger partial charge in [0.25, 0.3) is 0 Å². The molecule has 1 saturated heterocycles. The van der Waals surface area contributed by atoms with Crippen LogP contribution in [0.2, 0.25) is 0 Å². The molecule has 0 bridgehead atoms. The van der Waals surface area contributed by atoms with E-state index in [4.69, 9.17) is 4.74 Å². The lowest BCUT2D eigenvalue weighted by Crippen LogP contribution is -2.45. The Morgan fingerprint density at radius 3 is 2.24 bits per heavy atom. The zero-order valence-corrected chi connectivity index (χ0v) is 14.9. The third kappa shape index (κ3) is 5.07. The van der Waals surface area contributed by atoms with Gasteiger partial charge in [0.15, 0.2) is 0 Å². The number of anilines is 1. The minimum Gasteiger partial charge on any atom is -0.469 e. The topological polar surface area (TPSA) is 32.8 Å². The van der Waals surface area contributed by atoms with Crippen molar-refractivity contribution in [2.45, 2.75) is 19.4 Å². The highest BCUT2D eigenvalue weighted by atomic mass is 16.5.